The Hall–Kier alpha value is -0.280. The van der Waals surface area contributed by atoms with Gasteiger partial charge in [0.15, 0.2) is 0 Å². The molecule has 4 heteroatoms. The van der Waals surface area contributed by atoms with Gasteiger partial charge in [0, 0.05) is 12.5 Å². The molecule has 2 N–H and O–H groups in total. The maximum absolute atomic E-state index is 12.3. The van der Waals surface area contributed by atoms with Gasteiger partial charge in [-0.3, -0.25) is 4.79 Å². The Morgan fingerprint density at radius 1 is 1.29 bits per heavy atom. The molecule has 1 saturated heterocycles. The van der Waals surface area contributed by atoms with Crippen molar-refractivity contribution in [1.82, 2.24) is 10.6 Å². The van der Waals surface area contributed by atoms with E-state index < -0.39 is 0 Å². The normalized spacial score (nSPS) is 35.6. The van der Waals surface area contributed by atoms with Gasteiger partial charge >= 0.3 is 0 Å². The maximum atomic E-state index is 12.3. The van der Waals surface area contributed by atoms with Gasteiger partial charge in [0.25, 0.3) is 0 Å². The van der Waals surface area contributed by atoms with Gasteiger partial charge in [-0.05, 0) is 61.9 Å². The average Bonchev–Trinajstić information content (AvgIpc) is 2.29. The summed E-state index contributed by atoms with van der Waals surface area (Å²) < 4.78 is 0. The van der Waals surface area contributed by atoms with Crippen LogP contribution in [-0.2, 0) is 4.79 Å². The predicted molar refractivity (Wildman–Crippen MR) is 90.7 cm³/mol. The molecule has 21 heavy (non-hydrogen) atoms. The van der Waals surface area contributed by atoms with Crippen molar-refractivity contribution in [3.8, 4) is 0 Å². The zero-order chi connectivity index (χ0) is 14.8. The Kier molecular flexibility index (Phi) is 6.99. The van der Waals surface area contributed by atoms with Crippen LogP contribution in [0.5, 0.6) is 0 Å². The van der Waals surface area contributed by atoms with Crippen molar-refractivity contribution in [2.45, 2.75) is 65.8 Å². The molecule has 1 aliphatic carbocycles. The predicted octanol–water partition coefficient (Wildman–Crippen LogP) is 3.37. The molecule has 2 rings (SSSR count). The van der Waals surface area contributed by atoms with Crippen molar-refractivity contribution in [3.63, 3.8) is 0 Å². The van der Waals surface area contributed by atoms with E-state index in [1.165, 1.54) is 19.3 Å². The topological polar surface area (TPSA) is 41.1 Å². The van der Waals surface area contributed by atoms with Crippen molar-refractivity contribution in [2.75, 3.05) is 13.1 Å². The van der Waals surface area contributed by atoms with Crippen LogP contribution in [0.2, 0.25) is 0 Å². The molecule has 2 aliphatic rings. The first kappa shape index (κ1) is 18.8. The van der Waals surface area contributed by atoms with Gasteiger partial charge in [-0.1, -0.05) is 27.7 Å². The number of hydrogen-bond acceptors (Lipinski definition) is 2. The molecule has 0 aromatic heterocycles. The minimum atomic E-state index is 0. The lowest BCUT2D eigenvalue weighted by molar-refractivity contribution is -0.123. The zero-order valence-electron chi connectivity index (χ0n) is 14.1. The summed E-state index contributed by atoms with van der Waals surface area (Å²) in [5.41, 5.74) is 0.407. The highest BCUT2D eigenvalue weighted by atomic mass is 35.5. The highest BCUT2D eigenvalue weighted by molar-refractivity contribution is 5.85. The Morgan fingerprint density at radius 2 is 2.00 bits per heavy atom. The molecule has 3 nitrogen and oxygen atoms in total. The van der Waals surface area contributed by atoms with Crippen LogP contribution in [0.1, 0.15) is 59.8 Å². The number of carbonyl (C=O) groups is 1. The fraction of sp³-hybridized carbons (Fsp3) is 0.941. The summed E-state index contributed by atoms with van der Waals surface area (Å²) in [5.74, 6) is 2.16. The number of nitrogens with one attached hydrogen (secondary N) is 2. The van der Waals surface area contributed by atoms with Crippen molar-refractivity contribution >= 4 is 18.3 Å². The second-order valence-corrected chi connectivity index (χ2v) is 8.13. The summed E-state index contributed by atoms with van der Waals surface area (Å²) in [6, 6.07) is 0.373. The molecule has 4 unspecified atom stereocenters. The van der Waals surface area contributed by atoms with E-state index in [9.17, 15) is 4.79 Å². The van der Waals surface area contributed by atoms with Crippen LogP contribution in [0, 0.1) is 23.2 Å². The average molecular weight is 317 g/mol. The minimum Gasteiger partial charge on any atom is -0.353 e. The molecule has 2 fully saturated rings. The molecule has 0 radical (unpaired) electrons. The standard InChI is InChI=1S/C17H32N2O.ClH/c1-12-7-14(10-17(3,4)9-12)8-16(20)19-15-5-6-18-11-13(15)2;/h12-15,18H,5-11H2,1-4H3,(H,19,20);1H. The van der Waals surface area contributed by atoms with Crippen LogP contribution < -0.4 is 10.6 Å². The van der Waals surface area contributed by atoms with E-state index in [1.807, 2.05) is 0 Å². The first-order chi connectivity index (χ1) is 9.35. The smallest absolute Gasteiger partial charge is 0.220 e. The van der Waals surface area contributed by atoms with Crippen molar-refractivity contribution in [2.24, 2.45) is 23.2 Å². The first-order valence-corrected chi connectivity index (χ1v) is 8.36. The van der Waals surface area contributed by atoms with Crippen molar-refractivity contribution in [3.05, 3.63) is 0 Å². The van der Waals surface area contributed by atoms with Gasteiger partial charge in [0.2, 0.25) is 5.91 Å². The quantitative estimate of drug-likeness (QED) is 0.838. The summed E-state index contributed by atoms with van der Waals surface area (Å²) in [5, 5.41) is 6.66. The number of rotatable bonds is 3. The van der Waals surface area contributed by atoms with Gasteiger partial charge in [-0.25, -0.2) is 0 Å². The molecule has 0 bridgehead atoms. The van der Waals surface area contributed by atoms with E-state index in [2.05, 4.69) is 38.3 Å². The molecule has 124 valence electrons. The lowest BCUT2D eigenvalue weighted by atomic mass is 9.67. The molecule has 0 aromatic rings. The molecular weight excluding hydrogens is 284 g/mol. The van der Waals surface area contributed by atoms with Gasteiger partial charge in [-0.15, -0.1) is 12.4 Å². The van der Waals surface area contributed by atoms with Crippen LogP contribution in [0.25, 0.3) is 0 Å². The van der Waals surface area contributed by atoms with Crippen LogP contribution in [0.3, 0.4) is 0 Å². The van der Waals surface area contributed by atoms with E-state index in [0.717, 1.165) is 31.8 Å². The Morgan fingerprint density at radius 3 is 2.62 bits per heavy atom. The van der Waals surface area contributed by atoms with Crippen LogP contribution >= 0.6 is 12.4 Å². The summed E-state index contributed by atoms with van der Waals surface area (Å²) >= 11 is 0. The zero-order valence-corrected chi connectivity index (χ0v) is 14.9. The summed E-state index contributed by atoms with van der Waals surface area (Å²) in [4.78, 5) is 12.3. The lowest BCUT2D eigenvalue weighted by Crippen LogP contribution is -2.48. The number of halogens is 1. The van der Waals surface area contributed by atoms with Gasteiger partial charge in [0.05, 0.1) is 0 Å². The Bertz CT molecular complexity index is 346. The fourth-order valence-electron chi connectivity index (χ4n) is 4.46. The highest BCUT2D eigenvalue weighted by Crippen LogP contribution is 2.42. The third kappa shape index (κ3) is 5.78. The van der Waals surface area contributed by atoms with E-state index in [4.69, 9.17) is 0 Å². The monoisotopic (exact) mass is 316 g/mol. The minimum absolute atomic E-state index is 0. The molecule has 1 saturated carbocycles. The molecule has 4 atom stereocenters. The van der Waals surface area contributed by atoms with Crippen LogP contribution in [-0.4, -0.2) is 25.0 Å². The molecule has 1 amide bonds. The third-order valence-electron chi connectivity index (χ3n) is 5.08. The Labute approximate surface area is 136 Å². The van der Waals surface area contributed by atoms with E-state index in [-0.39, 0.29) is 18.3 Å². The van der Waals surface area contributed by atoms with Crippen molar-refractivity contribution < 1.29 is 4.79 Å². The SMILES string of the molecule is CC1CC(CC(=O)NC2CCNCC2C)CC(C)(C)C1.Cl. The number of carbonyl (C=O) groups excluding carboxylic acids is 1. The number of piperidine rings is 1. The van der Waals surface area contributed by atoms with Crippen LogP contribution in [0.4, 0.5) is 0 Å². The maximum Gasteiger partial charge on any atom is 0.220 e. The summed E-state index contributed by atoms with van der Waals surface area (Å²) in [7, 11) is 0. The number of hydrogen-bond donors (Lipinski definition) is 2. The molecular formula is C17H33ClN2O. The molecule has 1 heterocycles. The molecule has 0 aromatic carbocycles. The molecule has 1 aliphatic heterocycles. The van der Waals surface area contributed by atoms with E-state index in [0.29, 0.717) is 23.3 Å². The lowest BCUT2D eigenvalue weighted by Gasteiger charge is -2.39. The van der Waals surface area contributed by atoms with E-state index >= 15 is 0 Å². The summed E-state index contributed by atoms with van der Waals surface area (Å²) in [6.07, 6.45) is 5.52. The van der Waals surface area contributed by atoms with Crippen molar-refractivity contribution in [1.29, 1.82) is 0 Å². The second-order valence-electron chi connectivity index (χ2n) is 8.13. The fourth-order valence-corrected chi connectivity index (χ4v) is 4.46. The molecule has 0 spiro atoms. The highest BCUT2D eigenvalue weighted by Gasteiger charge is 2.33. The largest absolute Gasteiger partial charge is 0.353 e. The number of amides is 1. The second kappa shape index (κ2) is 7.82. The summed E-state index contributed by atoms with van der Waals surface area (Å²) in [6.45, 7) is 11.3. The van der Waals surface area contributed by atoms with Gasteiger partial charge in [0.1, 0.15) is 0 Å². The van der Waals surface area contributed by atoms with E-state index in [1.54, 1.807) is 0 Å². The Balaban J connectivity index is 0.00000220. The van der Waals surface area contributed by atoms with Gasteiger partial charge < -0.3 is 10.6 Å². The first-order valence-electron chi connectivity index (χ1n) is 8.36. The van der Waals surface area contributed by atoms with Crippen LogP contribution in [0.15, 0.2) is 0 Å². The third-order valence-corrected chi connectivity index (χ3v) is 5.08. The van der Waals surface area contributed by atoms with Gasteiger partial charge in [-0.2, -0.15) is 0 Å².